The van der Waals surface area contributed by atoms with Crippen molar-refractivity contribution in [2.45, 2.75) is 45.0 Å². The zero-order valence-corrected chi connectivity index (χ0v) is 14.0. The van der Waals surface area contributed by atoms with Gasteiger partial charge in [0.1, 0.15) is 5.82 Å². The molecule has 1 fully saturated rings. The first-order chi connectivity index (χ1) is 11.8. The highest BCUT2D eigenvalue weighted by molar-refractivity contribution is 5.79. The van der Waals surface area contributed by atoms with Gasteiger partial charge in [-0.25, -0.2) is 9.38 Å². The fourth-order valence-corrected chi connectivity index (χ4v) is 2.94. The summed E-state index contributed by atoms with van der Waals surface area (Å²) in [6, 6.07) is 2.58. The molecule has 0 saturated heterocycles. The molecule has 2 atom stereocenters. The third-order valence-electron chi connectivity index (χ3n) is 4.28. The summed E-state index contributed by atoms with van der Waals surface area (Å²) in [4.78, 5) is 4.16. The predicted octanol–water partition coefficient (Wildman–Crippen LogP) is 3.06. The topological polar surface area (TPSA) is 56.7 Å². The van der Waals surface area contributed by atoms with Crippen LogP contribution in [-0.2, 0) is 12.7 Å². The lowest BCUT2D eigenvalue weighted by Gasteiger charge is -2.18. The van der Waals surface area contributed by atoms with E-state index in [1.807, 2.05) is 6.92 Å². The average Bonchev–Trinajstić information content (AvgIpc) is 2.95. The predicted molar refractivity (Wildman–Crippen MR) is 87.6 cm³/mol. The van der Waals surface area contributed by atoms with E-state index >= 15 is 0 Å². The molecule has 0 aromatic heterocycles. The van der Waals surface area contributed by atoms with Gasteiger partial charge in [-0.1, -0.05) is 12.5 Å². The Hall–Kier alpha value is -1.83. The second-order valence-corrected chi connectivity index (χ2v) is 6.13. The van der Waals surface area contributed by atoms with Crippen molar-refractivity contribution in [3.8, 4) is 0 Å². The number of rotatable bonds is 5. The molecule has 1 aliphatic rings. The summed E-state index contributed by atoms with van der Waals surface area (Å²) in [7, 11) is 0. The molecular weight excluding hydrogens is 338 g/mol. The van der Waals surface area contributed by atoms with Gasteiger partial charge in [-0.2, -0.15) is 13.2 Å². The van der Waals surface area contributed by atoms with Crippen LogP contribution in [0, 0.1) is 11.7 Å². The number of benzene rings is 1. The number of nitrogens with one attached hydrogen (secondary N) is 2. The van der Waals surface area contributed by atoms with Crippen molar-refractivity contribution in [1.82, 2.24) is 10.6 Å². The fraction of sp³-hybridized carbons (Fsp3) is 0.588. The summed E-state index contributed by atoms with van der Waals surface area (Å²) in [5, 5.41) is 15.9. The van der Waals surface area contributed by atoms with Crippen molar-refractivity contribution < 1.29 is 22.7 Å². The van der Waals surface area contributed by atoms with E-state index in [0.717, 1.165) is 31.4 Å². The number of hydrogen-bond donors (Lipinski definition) is 3. The van der Waals surface area contributed by atoms with Crippen LogP contribution in [0.1, 0.15) is 37.3 Å². The van der Waals surface area contributed by atoms with Crippen molar-refractivity contribution in [2.75, 3.05) is 13.1 Å². The number of aliphatic imine (C=N–C) groups is 1. The van der Waals surface area contributed by atoms with Gasteiger partial charge in [0.2, 0.25) is 0 Å². The maximum atomic E-state index is 13.1. The Bertz CT molecular complexity index is 604. The summed E-state index contributed by atoms with van der Waals surface area (Å²) in [6.07, 6.45) is -2.35. The largest absolute Gasteiger partial charge is 0.416 e. The standard InChI is InChI=1S/C17H23F4N3O/c1-2-22-16(24-10-12-4-3-5-15(12)25)23-9-11-6-7-13(18)8-14(11)17(19,20)21/h6-8,12,15,25H,2-5,9-10H2,1H3,(H2,22,23,24). The van der Waals surface area contributed by atoms with Gasteiger partial charge in [0.15, 0.2) is 5.96 Å². The molecule has 25 heavy (non-hydrogen) atoms. The van der Waals surface area contributed by atoms with E-state index < -0.39 is 17.6 Å². The molecule has 2 unspecified atom stereocenters. The number of nitrogens with zero attached hydrogens (tertiary/aromatic N) is 1. The minimum absolute atomic E-state index is 0.0907. The van der Waals surface area contributed by atoms with Crippen LogP contribution in [-0.4, -0.2) is 30.3 Å². The number of guanidine groups is 1. The van der Waals surface area contributed by atoms with Crippen LogP contribution in [0.2, 0.25) is 0 Å². The zero-order valence-electron chi connectivity index (χ0n) is 14.0. The molecule has 140 valence electrons. The van der Waals surface area contributed by atoms with Crippen LogP contribution in [0.25, 0.3) is 0 Å². The highest BCUT2D eigenvalue weighted by Crippen LogP contribution is 2.32. The summed E-state index contributed by atoms with van der Waals surface area (Å²) < 4.78 is 52.2. The van der Waals surface area contributed by atoms with Crippen molar-refractivity contribution in [1.29, 1.82) is 0 Å². The lowest BCUT2D eigenvalue weighted by atomic mass is 10.1. The number of aliphatic hydroxyl groups is 1. The Morgan fingerprint density at radius 1 is 1.28 bits per heavy atom. The minimum Gasteiger partial charge on any atom is -0.393 e. The Morgan fingerprint density at radius 2 is 2.04 bits per heavy atom. The maximum Gasteiger partial charge on any atom is 0.416 e. The van der Waals surface area contributed by atoms with Gasteiger partial charge in [-0.15, -0.1) is 0 Å². The SMILES string of the molecule is CCNC(=NCc1ccc(F)cc1C(F)(F)F)NCC1CCCC1O. The number of halogens is 4. The highest BCUT2D eigenvalue weighted by atomic mass is 19.4. The van der Waals surface area contributed by atoms with E-state index in [0.29, 0.717) is 25.1 Å². The van der Waals surface area contributed by atoms with E-state index in [1.165, 1.54) is 0 Å². The second kappa shape index (κ2) is 8.51. The molecule has 4 nitrogen and oxygen atoms in total. The van der Waals surface area contributed by atoms with Gasteiger partial charge in [-0.3, -0.25) is 0 Å². The first kappa shape index (κ1) is 19.5. The smallest absolute Gasteiger partial charge is 0.393 e. The van der Waals surface area contributed by atoms with Gasteiger partial charge in [-0.05, 0) is 37.5 Å². The lowest BCUT2D eigenvalue weighted by Crippen LogP contribution is -2.41. The van der Waals surface area contributed by atoms with Crippen LogP contribution in [0.4, 0.5) is 17.6 Å². The first-order valence-corrected chi connectivity index (χ1v) is 8.37. The summed E-state index contributed by atoms with van der Waals surface area (Å²) >= 11 is 0. The monoisotopic (exact) mass is 361 g/mol. The van der Waals surface area contributed by atoms with Gasteiger partial charge < -0.3 is 15.7 Å². The van der Waals surface area contributed by atoms with Gasteiger partial charge in [0.05, 0.1) is 18.2 Å². The zero-order chi connectivity index (χ0) is 18.4. The molecule has 0 spiro atoms. The normalized spacial score (nSPS) is 21.4. The highest BCUT2D eigenvalue weighted by Gasteiger charge is 2.33. The number of aliphatic hydroxyl groups excluding tert-OH is 1. The maximum absolute atomic E-state index is 13.1. The van der Waals surface area contributed by atoms with E-state index in [1.54, 1.807) is 0 Å². The van der Waals surface area contributed by atoms with Crippen molar-refractivity contribution in [3.63, 3.8) is 0 Å². The molecule has 2 rings (SSSR count). The van der Waals surface area contributed by atoms with Gasteiger partial charge >= 0.3 is 6.18 Å². The van der Waals surface area contributed by atoms with Crippen molar-refractivity contribution >= 4 is 5.96 Å². The van der Waals surface area contributed by atoms with E-state index in [2.05, 4.69) is 15.6 Å². The van der Waals surface area contributed by atoms with Gasteiger partial charge in [0.25, 0.3) is 0 Å². The molecule has 0 amide bonds. The quantitative estimate of drug-likeness (QED) is 0.429. The molecule has 8 heteroatoms. The summed E-state index contributed by atoms with van der Waals surface area (Å²) in [5.41, 5.74) is -1.11. The molecule has 1 saturated carbocycles. The Labute approximate surface area is 144 Å². The molecule has 0 radical (unpaired) electrons. The Morgan fingerprint density at radius 3 is 2.64 bits per heavy atom. The van der Waals surface area contributed by atoms with Crippen LogP contribution in [0.15, 0.2) is 23.2 Å². The molecular formula is C17H23F4N3O. The summed E-state index contributed by atoms with van der Waals surface area (Å²) in [6.45, 7) is 2.68. The molecule has 3 N–H and O–H groups in total. The van der Waals surface area contributed by atoms with Crippen LogP contribution >= 0.6 is 0 Å². The van der Waals surface area contributed by atoms with Crippen LogP contribution < -0.4 is 10.6 Å². The summed E-state index contributed by atoms with van der Waals surface area (Å²) in [5.74, 6) is -0.445. The molecule has 0 heterocycles. The molecule has 1 aromatic carbocycles. The fourth-order valence-electron chi connectivity index (χ4n) is 2.94. The molecule has 0 aliphatic heterocycles. The second-order valence-electron chi connectivity index (χ2n) is 6.13. The average molecular weight is 361 g/mol. The number of alkyl halides is 3. The third-order valence-corrected chi connectivity index (χ3v) is 4.28. The first-order valence-electron chi connectivity index (χ1n) is 8.37. The van der Waals surface area contributed by atoms with Crippen LogP contribution in [0.3, 0.4) is 0 Å². The van der Waals surface area contributed by atoms with Crippen LogP contribution in [0.5, 0.6) is 0 Å². The number of hydrogen-bond acceptors (Lipinski definition) is 2. The molecule has 0 bridgehead atoms. The molecule has 1 aromatic rings. The van der Waals surface area contributed by atoms with Gasteiger partial charge in [0, 0.05) is 19.0 Å². The lowest BCUT2D eigenvalue weighted by molar-refractivity contribution is -0.138. The van der Waals surface area contributed by atoms with Crippen molar-refractivity contribution in [3.05, 3.63) is 35.1 Å². The third kappa shape index (κ3) is 5.59. The van der Waals surface area contributed by atoms with E-state index in [4.69, 9.17) is 0 Å². The van der Waals surface area contributed by atoms with E-state index in [9.17, 15) is 22.7 Å². The minimum atomic E-state index is -4.63. The Kier molecular flexibility index (Phi) is 6.64. The Balaban J connectivity index is 2.08. The van der Waals surface area contributed by atoms with E-state index in [-0.39, 0.29) is 24.1 Å². The molecule has 1 aliphatic carbocycles. The van der Waals surface area contributed by atoms with Crippen molar-refractivity contribution in [2.24, 2.45) is 10.9 Å².